The first-order valence-electron chi connectivity index (χ1n) is 5.37. The standard InChI is InChI=1S/C11H18N2S/c1-4-12-7-10(1)2-5-13-8-11-3-6-14-9-11/h3,6,9-10,12-13H,1-2,4-5,7-8H2. The van der Waals surface area contributed by atoms with Gasteiger partial charge in [0.25, 0.3) is 0 Å². The Morgan fingerprint density at radius 1 is 1.57 bits per heavy atom. The summed E-state index contributed by atoms with van der Waals surface area (Å²) in [5.41, 5.74) is 1.42. The van der Waals surface area contributed by atoms with Crippen LogP contribution in [0.3, 0.4) is 0 Å². The lowest BCUT2D eigenvalue weighted by molar-refractivity contribution is 0.500. The highest BCUT2D eigenvalue weighted by Gasteiger charge is 2.12. The molecule has 1 aliphatic heterocycles. The van der Waals surface area contributed by atoms with Crippen LogP contribution in [0.4, 0.5) is 0 Å². The molecule has 2 rings (SSSR count). The molecule has 0 bridgehead atoms. The molecule has 1 unspecified atom stereocenters. The molecule has 0 spiro atoms. The van der Waals surface area contributed by atoms with Crippen molar-refractivity contribution >= 4 is 11.3 Å². The number of rotatable bonds is 5. The molecule has 3 heteroatoms. The highest BCUT2D eigenvalue weighted by molar-refractivity contribution is 7.07. The lowest BCUT2D eigenvalue weighted by Gasteiger charge is -2.08. The topological polar surface area (TPSA) is 24.1 Å². The van der Waals surface area contributed by atoms with Crippen molar-refractivity contribution in [1.29, 1.82) is 0 Å². The van der Waals surface area contributed by atoms with Gasteiger partial charge in [0.05, 0.1) is 0 Å². The van der Waals surface area contributed by atoms with Crippen LogP contribution in [0.1, 0.15) is 18.4 Å². The largest absolute Gasteiger partial charge is 0.316 e. The Bertz CT molecular complexity index is 240. The Labute approximate surface area is 89.7 Å². The first-order valence-corrected chi connectivity index (χ1v) is 6.32. The van der Waals surface area contributed by atoms with E-state index in [9.17, 15) is 0 Å². The number of hydrogen-bond acceptors (Lipinski definition) is 3. The molecule has 2 nitrogen and oxygen atoms in total. The Morgan fingerprint density at radius 2 is 2.57 bits per heavy atom. The van der Waals surface area contributed by atoms with Gasteiger partial charge in [-0.3, -0.25) is 0 Å². The van der Waals surface area contributed by atoms with Crippen molar-refractivity contribution in [1.82, 2.24) is 10.6 Å². The summed E-state index contributed by atoms with van der Waals surface area (Å²) in [6.07, 6.45) is 2.68. The molecule has 14 heavy (non-hydrogen) atoms. The first-order chi connectivity index (χ1) is 6.95. The monoisotopic (exact) mass is 210 g/mol. The summed E-state index contributed by atoms with van der Waals surface area (Å²) < 4.78 is 0. The van der Waals surface area contributed by atoms with Crippen LogP contribution in [0.2, 0.25) is 0 Å². The molecule has 0 aliphatic carbocycles. The van der Waals surface area contributed by atoms with Gasteiger partial charge in [-0.25, -0.2) is 0 Å². The van der Waals surface area contributed by atoms with Crippen LogP contribution in [0, 0.1) is 5.92 Å². The van der Waals surface area contributed by atoms with E-state index >= 15 is 0 Å². The Kier molecular flexibility index (Phi) is 3.98. The second-order valence-corrected chi connectivity index (χ2v) is 4.74. The zero-order chi connectivity index (χ0) is 9.64. The van der Waals surface area contributed by atoms with E-state index in [1.165, 1.54) is 31.5 Å². The summed E-state index contributed by atoms with van der Waals surface area (Å²) in [5.74, 6) is 0.907. The second-order valence-electron chi connectivity index (χ2n) is 3.96. The third-order valence-electron chi connectivity index (χ3n) is 2.80. The fraction of sp³-hybridized carbons (Fsp3) is 0.636. The zero-order valence-electron chi connectivity index (χ0n) is 8.46. The van der Waals surface area contributed by atoms with Crippen molar-refractivity contribution in [3.05, 3.63) is 22.4 Å². The van der Waals surface area contributed by atoms with Gasteiger partial charge in [-0.15, -0.1) is 0 Å². The van der Waals surface area contributed by atoms with E-state index in [1.807, 2.05) is 0 Å². The van der Waals surface area contributed by atoms with Crippen molar-refractivity contribution < 1.29 is 0 Å². The predicted octanol–water partition coefficient (Wildman–Crippen LogP) is 1.84. The van der Waals surface area contributed by atoms with Crippen LogP contribution < -0.4 is 10.6 Å². The molecule has 0 saturated carbocycles. The van der Waals surface area contributed by atoms with Crippen molar-refractivity contribution in [2.24, 2.45) is 5.92 Å². The summed E-state index contributed by atoms with van der Waals surface area (Å²) in [4.78, 5) is 0. The van der Waals surface area contributed by atoms with Gasteiger partial charge in [0, 0.05) is 6.54 Å². The normalized spacial score (nSPS) is 21.6. The molecule has 0 amide bonds. The van der Waals surface area contributed by atoms with Gasteiger partial charge in [0.2, 0.25) is 0 Å². The highest BCUT2D eigenvalue weighted by Crippen LogP contribution is 2.11. The van der Waals surface area contributed by atoms with E-state index in [2.05, 4.69) is 27.5 Å². The molecule has 1 fully saturated rings. The smallest absolute Gasteiger partial charge is 0.0213 e. The number of thiophene rings is 1. The second kappa shape index (κ2) is 5.49. The van der Waals surface area contributed by atoms with Crippen LogP contribution in [0.5, 0.6) is 0 Å². The van der Waals surface area contributed by atoms with E-state index in [4.69, 9.17) is 0 Å². The van der Waals surface area contributed by atoms with Crippen molar-refractivity contribution in [3.63, 3.8) is 0 Å². The fourth-order valence-corrected chi connectivity index (χ4v) is 2.56. The minimum atomic E-state index is 0.907. The minimum absolute atomic E-state index is 0.907. The summed E-state index contributed by atoms with van der Waals surface area (Å²) in [7, 11) is 0. The summed E-state index contributed by atoms with van der Waals surface area (Å²) in [6.45, 7) is 4.63. The van der Waals surface area contributed by atoms with Gasteiger partial charge in [0.15, 0.2) is 0 Å². The van der Waals surface area contributed by atoms with Crippen LogP contribution >= 0.6 is 11.3 Å². The van der Waals surface area contributed by atoms with E-state index in [1.54, 1.807) is 11.3 Å². The van der Waals surface area contributed by atoms with E-state index < -0.39 is 0 Å². The molecule has 78 valence electrons. The lowest BCUT2D eigenvalue weighted by atomic mass is 10.1. The molecule has 0 radical (unpaired) electrons. The molecule has 0 aromatic carbocycles. The molecule has 1 atom stereocenters. The third-order valence-corrected chi connectivity index (χ3v) is 3.53. The molecule has 1 saturated heterocycles. The SMILES string of the molecule is c1cc(CNCCC2CCNC2)cs1. The van der Waals surface area contributed by atoms with Crippen molar-refractivity contribution in [3.8, 4) is 0 Å². The quantitative estimate of drug-likeness (QED) is 0.725. The Balaban J connectivity index is 1.55. The van der Waals surface area contributed by atoms with Crippen molar-refractivity contribution in [2.75, 3.05) is 19.6 Å². The fourth-order valence-electron chi connectivity index (χ4n) is 1.89. The number of nitrogens with one attached hydrogen (secondary N) is 2. The zero-order valence-corrected chi connectivity index (χ0v) is 9.28. The molecule has 2 N–H and O–H groups in total. The van der Waals surface area contributed by atoms with Gasteiger partial charge in [-0.05, 0) is 60.8 Å². The molecular weight excluding hydrogens is 192 g/mol. The van der Waals surface area contributed by atoms with Gasteiger partial charge < -0.3 is 10.6 Å². The maximum atomic E-state index is 3.49. The maximum absolute atomic E-state index is 3.49. The summed E-state index contributed by atoms with van der Waals surface area (Å²) in [6, 6.07) is 2.19. The molecule has 2 heterocycles. The van der Waals surface area contributed by atoms with Crippen LogP contribution in [0.15, 0.2) is 16.8 Å². The molecule has 1 aromatic heterocycles. The highest BCUT2D eigenvalue weighted by atomic mass is 32.1. The molecule has 1 aliphatic rings. The average molecular weight is 210 g/mol. The molecule has 1 aromatic rings. The van der Waals surface area contributed by atoms with E-state index in [0.29, 0.717) is 0 Å². The summed E-state index contributed by atoms with van der Waals surface area (Å²) >= 11 is 1.77. The van der Waals surface area contributed by atoms with Crippen molar-refractivity contribution in [2.45, 2.75) is 19.4 Å². The van der Waals surface area contributed by atoms with Gasteiger partial charge >= 0.3 is 0 Å². The van der Waals surface area contributed by atoms with Gasteiger partial charge in [-0.2, -0.15) is 11.3 Å². The van der Waals surface area contributed by atoms with Gasteiger partial charge in [-0.1, -0.05) is 0 Å². The molecular formula is C11H18N2S. The summed E-state index contributed by atoms with van der Waals surface area (Å²) in [5, 5.41) is 11.2. The number of hydrogen-bond donors (Lipinski definition) is 2. The van der Waals surface area contributed by atoms with Crippen LogP contribution in [0.25, 0.3) is 0 Å². The van der Waals surface area contributed by atoms with Crippen LogP contribution in [-0.4, -0.2) is 19.6 Å². The average Bonchev–Trinajstić information content (AvgIpc) is 2.86. The Morgan fingerprint density at radius 3 is 3.29 bits per heavy atom. The van der Waals surface area contributed by atoms with Gasteiger partial charge in [0.1, 0.15) is 0 Å². The van der Waals surface area contributed by atoms with E-state index in [-0.39, 0.29) is 0 Å². The predicted molar refractivity (Wildman–Crippen MR) is 61.6 cm³/mol. The lowest BCUT2D eigenvalue weighted by Crippen LogP contribution is -2.18. The third kappa shape index (κ3) is 3.08. The maximum Gasteiger partial charge on any atom is 0.0213 e. The minimum Gasteiger partial charge on any atom is -0.316 e. The van der Waals surface area contributed by atoms with Crippen LogP contribution in [-0.2, 0) is 6.54 Å². The Hall–Kier alpha value is -0.380. The van der Waals surface area contributed by atoms with E-state index in [0.717, 1.165) is 19.0 Å². The first kappa shape index (κ1) is 10.1.